The van der Waals surface area contributed by atoms with Gasteiger partial charge in [-0.1, -0.05) is 60.1 Å². The fourth-order valence-corrected chi connectivity index (χ4v) is 6.09. The van der Waals surface area contributed by atoms with Gasteiger partial charge >= 0.3 is 0 Å². The number of carbonyl (C=O) groups excluding carboxylic acids is 3. The van der Waals surface area contributed by atoms with Gasteiger partial charge in [-0.05, 0) is 40.5 Å². The van der Waals surface area contributed by atoms with Crippen LogP contribution in [-0.4, -0.2) is 17.7 Å². The highest BCUT2D eigenvalue weighted by Crippen LogP contribution is 2.61. The lowest BCUT2D eigenvalue weighted by atomic mass is 9.55. The highest BCUT2D eigenvalue weighted by Gasteiger charge is 2.61. The number of imide groups is 1. The largest absolute Gasteiger partial charge is 0.325 e. The first-order valence-electron chi connectivity index (χ1n) is 10.6. The number of carbonyl (C=O) groups is 3. The van der Waals surface area contributed by atoms with Crippen LogP contribution in [0.15, 0.2) is 66.7 Å². The lowest BCUT2D eigenvalue weighted by Gasteiger charge is -2.45. The first kappa shape index (κ1) is 19.3. The van der Waals surface area contributed by atoms with E-state index in [-0.39, 0.29) is 34.6 Å². The van der Waals surface area contributed by atoms with Crippen LogP contribution in [0.5, 0.6) is 0 Å². The molecule has 3 aliphatic carbocycles. The minimum Gasteiger partial charge on any atom is -0.325 e. The summed E-state index contributed by atoms with van der Waals surface area (Å²) in [5.41, 5.74) is 5.43. The summed E-state index contributed by atoms with van der Waals surface area (Å²) >= 11 is 6.35. The smallest absolute Gasteiger partial charge is 0.238 e. The van der Waals surface area contributed by atoms with Gasteiger partial charge < -0.3 is 5.32 Å². The molecule has 3 amide bonds. The summed E-state index contributed by atoms with van der Waals surface area (Å²) in [7, 11) is 0. The van der Waals surface area contributed by atoms with Crippen LogP contribution in [0.25, 0.3) is 0 Å². The maximum absolute atomic E-state index is 13.7. The van der Waals surface area contributed by atoms with Crippen molar-refractivity contribution in [1.82, 2.24) is 0 Å². The molecule has 1 fully saturated rings. The van der Waals surface area contributed by atoms with Crippen LogP contribution in [0.4, 0.5) is 11.4 Å². The molecule has 1 aliphatic heterocycles. The van der Waals surface area contributed by atoms with Crippen LogP contribution in [0, 0.1) is 11.8 Å². The quantitative estimate of drug-likeness (QED) is 0.585. The van der Waals surface area contributed by atoms with Crippen LogP contribution in [0.2, 0.25) is 5.02 Å². The Balaban J connectivity index is 1.48. The van der Waals surface area contributed by atoms with Gasteiger partial charge in [-0.25, -0.2) is 4.90 Å². The molecule has 0 unspecified atom stereocenters. The Morgan fingerprint density at radius 1 is 0.812 bits per heavy atom. The van der Waals surface area contributed by atoms with Crippen LogP contribution < -0.4 is 10.2 Å². The Kier molecular flexibility index (Phi) is 4.08. The van der Waals surface area contributed by atoms with Crippen molar-refractivity contribution in [3.63, 3.8) is 0 Å². The van der Waals surface area contributed by atoms with Gasteiger partial charge in [0, 0.05) is 18.8 Å². The molecule has 158 valence electrons. The lowest BCUT2D eigenvalue weighted by molar-refractivity contribution is -0.122. The number of halogens is 1. The second kappa shape index (κ2) is 6.78. The highest BCUT2D eigenvalue weighted by molar-refractivity contribution is 6.34. The molecule has 1 saturated heterocycles. The van der Waals surface area contributed by atoms with Gasteiger partial charge in [-0.15, -0.1) is 0 Å². The highest BCUT2D eigenvalue weighted by atomic mass is 35.5. The molecule has 2 atom stereocenters. The zero-order chi connectivity index (χ0) is 22.1. The Labute approximate surface area is 190 Å². The standard InChI is InChI=1S/C26H19ClN2O3/c1-13(30)28-20-11-10-14(12-19(20)27)29-25(31)23-21-15-6-2-3-7-16(15)22(24(23)26(29)32)18-9-5-4-8-17(18)21/h2-12,21-24H,1H3,(H,28,30)/t21?,22?,23-,24-/m0/s1. The predicted molar refractivity (Wildman–Crippen MR) is 122 cm³/mol. The first-order valence-corrected chi connectivity index (χ1v) is 11.0. The molecule has 0 aromatic heterocycles. The maximum Gasteiger partial charge on any atom is 0.238 e. The van der Waals surface area contributed by atoms with Crippen molar-refractivity contribution in [3.8, 4) is 0 Å². The van der Waals surface area contributed by atoms with E-state index >= 15 is 0 Å². The molecule has 3 aromatic carbocycles. The van der Waals surface area contributed by atoms with Crippen LogP contribution in [0.1, 0.15) is 41.0 Å². The molecule has 0 saturated carbocycles. The fourth-order valence-electron chi connectivity index (χ4n) is 5.87. The van der Waals surface area contributed by atoms with E-state index in [1.807, 2.05) is 24.3 Å². The van der Waals surface area contributed by atoms with Gasteiger partial charge in [0.05, 0.1) is 28.2 Å². The van der Waals surface area contributed by atoms with Gasteiger partial charge in [0.15, 0.2) is 0 Å². The third-order valence-electron chi connectivity index (χ3n) is 6.97. The van der Waals surface area contributed by atoms with Crippen LogP contribution in [0.3, 0.4) is 0 Å². The normalized spacial score (nSPS) is 24.8. The SMILES string of the molecule is CC(=O)Nc1ccc(N2C(=O)[C@H]3C4c5ccccc5C(c5ccccc54)[C@@H]3C2=O)cc1Cl. The molecule has 5 nitrogen and oxygen atoms in total. The molecule has 7 rings (SSSR count). The predicted octanol–water partition coefficient (Wildman–Crippen LogP) is 4.70. The van der Waals surface area contributed by atoms with Gasteiger partial charge in [-0.2, -0.15) is 0 Å². The van der Waals surface area contributed by atoms with Gasteiger partial charge in [0.2, 0.25) is 17.7 Å². The topological polar surface area (TPSA) is 66.5 Å². The number of nitrogens with one attached hydrogen (secondary N) is 1. The fraction of sp³-hybridized carbons (Fsp3) is 0.192. The summed E-state index contributed by atoms with van der Waals surface area (Å²) in [5.74, 6) is -1.80. The van der Waals surface area contributed by atoms with E-state index in [2.05, 4.69) is 29.6 Å². The van der Waals surface area contributed by atoms with E-state index < -0.39 is 11.8 Å². The number of hydrogen-bond acceptors (Lipinski definition) is 3. The van der Waals surface area contributed by atoms with Crippen molar-refractivity contribution in [1.29, 1.82) is 0 Å². The van der Waals surface area contributed by atoms with E-state index in [0.29, 0.717) is 11.4 Å². The molecule has 4 aliphatic rings. The molecule has 3 aromatic rings. The van der Waals surface area contributed by atoms with Gasteiger partial charge in [0.25, 0.3) is 0 Å². The van der Waals surface area contributed by atoms with Crippen molar-refractivity contribution in [3.05, 3.63) is 94.0 Å². The summed E-state index contributed by atoms with van der Waals surface area (Å²) in [5, 5.41) is 2.93. The molecular formula is C26H19ClN2O3. The summed E-state index contributed by atoms with van der Waals surface area (Å²) in [6.07, 6.45) is 0. The maximum atomic E-state index is 13.7. The van der Waals surface area contributed by atoms with Crippen LogP contribution >= 0.6 is 11.6 Å². The lowest BCUT2D eigenvalue weighted by Crippen LogP contribution is -2.41. The Hall–Kier alpha value is -3.44. The average Bonchev–Trinajstić information content (AvgIpc) is 3.06. The van der Waals surface area contributed by atoms with Crippen molar-refractivity contribution < 1.29 is 14.4 Å². The zero-order valence-corrected chi connectivity index (χ0v) is 18.0. The Morgan fingerprint density at radius 3 is 1.69 bits per heavy atom. The zero-order valence-electron chi connectivity index (χ0n) is 17.2. The molecule has 2 bridgehead atoms. The number of anilines is 2. The summed E-state index contributed by atoms with van der Waals surface area (Å²) < 4.78 is 0. The monoisotopic (exact) mass is 442 g/mol. The number of nitrogens with zero attached hydrogens (tertiary/aromatic N) is 1. The Bertz CT molecular complexity index is 1220. The second-order valence-corrected chi connectivity index (χ2v) is 9.03. The molecule has 0 spiro atoms. The van der Waals surface area contributed by atoms with E-state index in [9.17, 15) is 14.4 Å². The van der Waals surface area contributed by atoms with Crippen molar-refractivity contribution in [2.24, 2.45) is 11.8 Å². The van der Waals surface area contributed by atoms with E-state index in [1.165, 1.54) is 11.8 Å². The van der Waals surface area contributed by atoms with Crippen molar-refractivity contribution in [2.75, 3.05) is 10.2 Å². The summed E-state index contributed by atoms with van der Waals surface area (Å²) in [6.45, 7) is 1.40. The Morgan fingerprint density at radius 2 is 1.28 bits per heavy atom. The van der Waals surface area contributed by atoms with Crippen molar-refractivity contribution in [2.45, 2.75) is 18.8 Å². The van der Waals surface area contributed by atoms with Gasteiger partial charge in [0.1, 0.15) is 0 Å². The average molecular weight is 443 g/mol. The number of amides is 3. The summed E-state index contributed by atoms with van der Waals surface area (Å²) in [4.78, 5) is 40.1. The molecule has 1 heterocycles. The molecule has 6 heteroatoms. The molecule has 1 N–H and O–H groups in total. The van der Waals surface area contributed by atoms with Crippen LogP contribution in [-0.2, 0) is 14.4 Å². The number of benzene rings is 3. The number of rotatable bonds is 2. The third-order valence-corrected chi connectivity index (χ3v) is 7.28. The van der Waals surface area contributed by atoms with Gasteiger partial charge in [-0.3, -0.25) is 14.4 Å². The second-order valence-electron chi connectivity index (χ2n) is 8.62. The molecular weight excluding hydrogens is 424 g/mol. The molecule has 32 heavy (non-hydrogen) atoms. The van der Waals surface area contributed by atoms with E-state index in [4.69, 9.17) is 11.6 Å². The van der Waals surface area contributed by atoms with E-state index in [1.54, 1.807) is 18.2 Å². The summed E-state index contributed by atoms with van der Waals surface area (Å²) in [6, 6.07) is 21.2. The minimum atomic E-state index is -0.439. The van der Waals surface area contributed by atoms with Crippen molar-refractivity contribution >= 4 is 40.7 Å². The first-order chi connectivity index (χ1) is 15.5. The minimum absolute atomic E-state index is 0.145. The molecule has 0 radical (unpaired) electrons. The van der Waals surface area contributed by atoms with E-state index in [0.717, 1.165) is 22.3 Å². The number of hydrogen-bond donors (Lipinski definition) is 1. The third kappa shape index (κ3) is 2.49.